The van der Waals surface area contributed by atoms with Crippen molar-refractivity contribution in [3.63, 3.8) is 0 Å². The molecule has 2 rings (SSSR count). The molecule has 0 unspecified atom stereocenters. The van der Waals surface area contributed by atoms with E-state index < -0.39 is 0 Å². The Morgan fingerprint density at radius 3 is 1.05 bits per heavy atom. The van der Waals surface area contributed by atoms with E-state index in [1.165, 1.54) is 22.3 Å². The Bertz CT molecular complexity index is 602. The summed E-state index contributed by atoms with van der Waals surface area (Å²) < 4.78 is 0.504. The van der Waals surface area contributed by atoms with Gasteiger partial charge in [0.05, 0.1) is 0 Å². The minimum atomic E-state index is 0.182. The van der Waals surface area contributed by atoms with Crippen LogP contribution in [0.2, 0.25) is 4.22 Å². The number of hydrogen-bond acceptors (Lipinski definition) is 0. The average molecular weight is 331 g/mol. The summed E-state index contributed by atoms with van der Waals surface area (Å²) in [6.45, 7) is 23.5. The predicted octanol–water partition coefficient (Wildman–Crippen LogP) is 6.71. The van der Waals surface area contributed by atoms with E-state index in [0.717, 1.165) is 0 Å². The van der Waals surface area contributed by atoms with Crippen LogP contribution in [0.5, 0.6) is 0 Å². The Morgan fingerprint density at radius 1 is 0.591 bits per heavy atom. The molecule has 0 nitrogen and oxygen atoms in total. The monoisotopic (exact) mass is 331 g/mol. The summed E-state index contributed by atoms with van der Waals surface area (Å²) in [4.78, 5) is 0. The van der Waals surface area contributed by atoms with E-state index in [9.17, 15) is 0 Å². The molecular weight excluding hydrogens is 300 g/mol. The first kappa shape index (κ1) is 18.0. The molecule has 0 amide bonds. The van der Waals surface area contributed by atoms with Gasteiger partial charge in [-0.05, 0) is 0 Å². The van der Waals surface area contributed by atoms with Crippen LogP contribution in [0.1, 0.15) is 69.2 Å². The fraction of sp³-hybridized carbons (Fsp3) is 0.619. The molecule has 0 saturated heterocycles. The van der Waals surface area contributed by atoms with Gasteiger partial charge in [-0.2, -0.15) is 0 Å². The van der Waals surface area contributed by atoms with Gasteiger partial charge in [-0.15, -0.1) is 0 Å². The van der Waals surface area contributed by atoms with Gasteiger partial charge in [0.2, 0.25) is 0 Å². The van der Waals surface area contributed by atoms with Crippen molar-refractivity contribution in [1.29, 1.82) is 0 Å². The molecule has 22 heavy (non-hydrogen) atoms. The summed E-state index contributed by atoms with van der Waals surface area (Å²) in [7, 11) is 0. The summed E-state index contributed by atoms with van der Waals surface area (Å²) in [5.41, 5.74) is 12.8. The molecule has 2 aliphatic carbocycles. The van der Waals surface area contributed by atoms with Gasteiger partial charge in [-0.3, -0.25) is 0 Å². The molecule has 0 aromatic carbocycles. The molecule has 1 heteroatoms. The molecule has 0 radical (unpaired) electrons. The number of hydrogen-bond donors (Lipinski definition) is 0. The Kier molecular flexibility index (Phi) is 4.38. The fourth-order valence-electron chi connectivity index (χ4n) is 4.54. The van der Waals surface area contributed by atoms with Crippen LogP contribution in [0.4, 0.5) is 0 Å². The minimum absolute atomic E-state index is 0.182. The van der Waals surface area contributed by atoms with Crippen LogP contribution in [-0.4, -0.2) is 0 Å². The zero-order chi connectivity index (χ0) is 17.2. The summed E-state index contributed by atoms with van der Waals surface area (Å²) in [5, 5.41) is 0. The molecular formula is C21H31Ti. The molecule has 0 saturated carbocycles. The fourth-order valence-corrected chi connectivity index (χ4v) is 6.35. The molecule has 0 aromatic heterocycles. The van der Waals surface area contributed by atoms with Crippen molar-refractivity contribution in [2.24, 2.45) is 10.8 Å². The van der Waals surface area contributed by atoms with Crippen molar-refractivity contribution in [1.82, 2.24) is 0 Å². The third kappa shape index (κ3) is 2.21. The Balaban J connectivity index is 2.59. The van der Waals surface area contributed by atoms with Crippen LogP contribution in [0.15, 0.2) is 44.6 Å². The van der Waals surface area contributed by atoms with E-state index in [2.05, 4.69) is 89.7 Å². The van der Waals surface area contributed by atoms with Gasteiger partial charge in [0, 0.05) is 0 Å². The van der Waals surface area contributed by atoms with E-state index in [4.69, 9.17) is 0 Å². The molecule has 0 aromatic rings. The van der Waals surface area contributed by atoms with E-state index in [1.807, 2.05) is 0 Å². The van der Waals surface area contributed by atoms with Crippen LogP contribution >= 0.6 is 0 Å². The summed E-state index contributed by atoms with van der Waals surface area (Å²) >= 11 is 2.43. The molecule has 0 heterocycles. The Hall–Kier alpha value is -0.326. The van der Waals surface area contributed by atoms with Crippen LogP contribution < -0.4 is 0 Å². The summed E-state index contributed by atoms with van der Waals surface area (Å²) in [6.07, 6.45) is 0. The van der Waals surface area contributed by atoms with Crippen LogP contribution in [0.3, 0.4) is 0 Å². The van der Waals surface area contributed by atoms with E-state index >= 15 is 0 Å². The van der Waals surface area contributed by atoms with Crippen molar-refractivity contribution in [2.75, 3.05) is 0 Å². The molecule has 0 atom stereocenters. The van der Waals surface area contributed by atoms with Gasteiger partial charge in [-0.25, -0.2) is 0 Å². The van der Waals surface area contributed by atoms with E-state index in [-0.39, 0.29) is 10.8 Å². The van der Waals surface area contributed by atoms with Crippen LogP contribution in [0.25, 0.3) is 0 Å². The number of rotatable bonds is 2. The first-order valence-electron chi connectivity index (χ1n) is 8.37. The summed E-state index contributed by atoms with van der Waals surface area (Å²) in [5.74, 6) is 0. The SMILES string of the molecule is CC1=C(C)C(C)(C)C([CH]([Ti])C2=C(C)C(C)=C(C)C2(C)C)=C1C. The Labute approximate surface area is 149 Å². The van der Waals surface area contributed by atoms with Crippen LogP contribution in [-0.2, 0) is 20.4 Å². The standard InChI is InChI=1S/C21H31.Ti/c1-12-14(3)18(20(7,8)16(12)5)11-19-15(4)13(2)17(6)21(19,9)10;/h11H,1-10H3;. The van der Waals surface area contributed by atoms with Gasteiger partial charge in [0.25, 0.3) is 0 Å². The van der Waals surface area contributed by atoms with Gasteiger partial charge < -0.3 is 0 Å². The predicted molar refractivity (Wildman–Crippen MR) is 93.5 cm³/mol. The molecule has 0 spiro atoms. The zero-order valence-corrected chi connectivity index (χ0v) is 17.6. The molecule has 0 fully saturated rings. The first-order chi connectivity index (χ1) is 9.86. The van der Waals surface area contributed by atoms with Gasteiger partial charge in [0.1, 0.15) is 0 Å². The van der Waals surface area contributed by atoms with Crippen molar-refractivity contribution >= 4 is 0 Å². The second-order valence-electron chi connectivity index (χ2n) is 8.26. The maximum absolute atomic E-state index is 2.43. The van der Waals surface area contributed by atoms with Crippen molar-refractivity contribution < 1.29 is 20.4 Å². The maximum atomic E-state index is 2.43. The van der Waals surface area contributed by atoms with Gasteiger partial charge >= 0.3 is 149 Å². The normalized spacial score (nSPS) is 24.5. The van der Waals surface area contributed by atoms with Crippen molar-refractivity contribution in [3.05, 3.63) is 44.6 Å². The van der Waals surface area contributed by atoms with E-state index in [0.29, 0.717) is 4.22 Å². The molecule has 2 aliphatic rings. The molecule has 0 bridgehead atoms. The zero-order valence-electron chi connectivity index (χ0n) is 16.1. The van der Waals surface area contributed by atoms with Gasteiger partial charge in [-0.1, -0.05) is 0 Å². The molecule has 119 valence electrons. The third-order valence-corrected chi connectivity index (χ3v) is 7.76. The molecule has 0 N–H and O–H groups in total. The summed E-state index contributed by atoms with van der Waals surface area (Å²) in [6, 6.07) is 0. The topological polar surface area (TPSA) is 0 Å². The van der Waals surface area contributed by atoms with Crippen molar-refractivity contribution in [3.8, 4) is 0 Å². The second kappa shape index (κ2) is 5.35. The molecule has 0 aliphatic heterocycles. The third-order valence-electron chi connectivity index (χ3n) is 6.86. The quantitative estimate of drug-likeness (QED) is 0.493. The second-order valence-corrected chi connectivity index (χ2v) is 9.16. The Morgan fingerprint density at radius 2 is 0.864 bits per heavy atom. The first-order valence-corrected chi connectivity index (χ1v) is 9.27. The number of allylic oxidation sites excluding steroid dienone is 8. The van der Waals surface area contributed by atoms with Crippen LogP contribution in [0, 0.1) is 10.8 Å². The average Bonchev–Trinajstić information content (AvgIpc) is 2.66. The van der Waals surface area contributed by atoms with Gasteiger partial charge in [0.15, 0.2) is 0 Å². The van der Waals surface area contributed by atoms with E-state index in [1.54, 1.807) is 22.3 Å². The van der Waals surface area contributed by atoms with Crippen molar-refractivity contribution in [2.45, 2.75) is 73.5 Å².